The van der Waals surface area contributed by atoms with Crippen LogP contribution < -0.4 is 10.6 Å². The molecule has 0 aromatic heterocycles. The van der Waals surface area contributed by atoms with Crippen LogP contribution in [-0.4, -0.2) is 35.8 Å². The summed E-state index contributed by atoms with van der Waals surface area (Å²) in [4.78, 5) is 29.4. The zero-order valence-corrected chi connectivity index (χ0v) is 21.8. The number of nitrogens with zero attached hydrogens (tertiary/aromatic N) is 2. The Hall–Kier alpha value is -3.86. The summed E-state index contributed by atoms with van der Waals surface area (Å²) in [5, 5.41) is 16.2. The molecule has 1 unspecified atom stereocenters. The minimum absolute atomic E-state index is 0.00657. The monoisotopic (exact) mass is 604 g/mol. The maximum Gasteiger partial charge on any atom is 0.435 e. The lowest BCUT2D eigenvalue weighted by molar-refractivity contribution is -0.276. The van der Waals surface area contributed by atoms with E-state index in [1.807, 2.05) is 6.07 Å². The summed E-state index contributed by atoms with van der Waals surface area (Å²) in [5.74, 6) is -2.89. The lowest BCUT2D eigenvalue weighted by atomic mass is 9.85. The number of amides is 2. The van der Waals surface area contributed by atoms with Crippen LogP contribution >= 0.6 is 11.6 Å². The van der Waals surface area contributed by atoms with Gasteiger partial charge < -0.3 is 15.5 Å². The second kappa shape index (κ2) is 10.5. The molecule has 2 aliphatic rings. The first kappa shape index (κ1) is 30.1. The number of hydrogen-bond acceptors (Lipinski definition) is 5. The Morgan fingerprint density at radius 3 is 2.39 bits per heavy atom. The molecule has 218 valence electrons. The van der Waals surface area contributed by atoms with Crippen LogP contribution in [0, 0.1) is 24.1 Å². The van der Waals surface area contributed by atoms with Crippen molar-refractivity contribution in [3.63, 3.8) is 0 Å². The summed E-state index contributed by atoms with van der Waals surface area (Å²) in [6, 6.07) is 5.94. The Morgan fingerprint density at radius 2 is 1.83 bits per heavy atom. The standard InChI is InChI=1S/C26H20ClF7N4O3/c1-13-8-14(2-3-16(13)22(40)36-12-20(39)37-23(4-5-23)6-7-35)19-11-24(41-38-19,26(32,33)34)17-9-15(25(29,30)31)10-18(27)21(17)28/h2-3,8-10H,4-6,11-12H2,1H3,(H,36,40)(H,37,39). The van der Waals surface area contributed by atoms with E-state index in [9.17, 15) is 40.3 Å². The van der Waals surface area contributed by atoms with Crippen LogP contribution in [0.15, 0.2) is 35.5 Å². The lowest BCUT2D eigenvalue weighted by Crippen LogP contribution is -2.43. The number of nitriles is 1. The molecule has 15 heteroatoms. The predicted octanol–water partition coefficient (Wildman–Crippen LogP) is 5.68. The Kier molecular flexibility index (Phi) is 7.72. The predicted molar refractivity (Wildman–Crippen MR) is 130 cm³/mol. The Balaban J connectivity index is 1.53. The number of hydrogen-bond donors (Lipinski definition) is 2. The second-order valence-electron chi connectivity index (χ2n) is 9.82. The molecule has 0 bridgehead atoms. The van der Waals surface area contributed by atoms with E-state index >= 15 is 0 Å². The van der Waals surface area contributed by atoms with Gasteiger partial charge in [-0.15, -0.1) is 0 Å². The van der Waals surface area contributed by atoms with E-state index in [-0.39, 0.29) is 47.5 Å². The van der Waals surface area contributed by atoms with Gasteiger partial charge in [0.25, 0.3) is 11.5 Å². The summed E-state index contributed by atoms with van der Waals surface area (Å²) in [7, 11) is 0. The van der Waals surface area contributed by atoms with Crippen LogP contribution in [0.25, 0.3) is 0 Å². The summed E-state index contributed by atoms with van der Waals surface area (Å²) in [6.07, 6.45) is -10.3. The molecule has 0 spiro atoms. The fourth-order valence-electron chi connectivity index (χ4n) is 4.43. The molecule has 1 aliphatic carbocycles. The van der Waals surface area contributed by atoms with Gasteiger partial charge >= 0.3 is 12.4 Å². The molecule has 2 aromatic carbocycles. The topological polar surface area (TPSA) is 104 Å². The highest BCUT2D eigenvalue weighted by molar-refractivity contribution is 6.30. The number of alkyl halides is 6. The van der Waals surface area contributed by atoms with Crippen molar-refractivity contribution in [1.82, 2.24) is 10.6 Å². The number of benzene rings is 2. The van der Waals surface area contributed by atoms with Gasteiger partial charge in [0.2, 0.25) is 5.91 Å². The molecule has 0 radical (unpaired) electrons. The van der Waals surface area contributed by atoms with Crippen molar-refractivity contribution in [2.24, 2.45) is 5.16 Å². The van der Waals surface area contributed by atoms with Crippen molar-refractivity contribution in [3.8, 4) is 6.07 Å². The fraction of sp³-hybridized carbons (Fsp3) is 0.385. The van der Waals surface area contributed by atoms with Crippen molar-refractivity contribution < 1.29 is 45.2 Å². The highest BCUT2D eigenvalue weighted by Gasteiger charge is 2.64. The van der Waals surface area contributed by atoms with Crippen LogP contribution in [0.4, 0.5) is 30.7 Å². The zero-order valence-electron chi connectivity index (χ0n) is 21.1. The highest BCUT2D eigenvalue weighted by atomic mass is 35.5. The van der Waals surface area contributed by atoms with Gasteiger partial charge in [-0.1, -0.05) is 22.8 Å². The first-order chi connectivity index (χ1) is 19.0. The average Bonchev–Trinajstić information content (AvgIpc) is 3.45. The smallest absolute Gasteiger partial charge is 0.374 e. The Bertz CT molecular complexity index is 1480. The van der Waals surface area contributed by atoms with Gasteiger partial charge in [0.05, 0.1) is 47.3 Å². The summed E-state index contributed by atoms with van der Waals surface area (Å²) >= 11 is 5.52. The van der Waals surface area contributed by atoms with Gasteiger partial charge in [0.15, 0.2) is 0 Å². The molecule has 4 rings (SSSR count). The van der Waals surface area contributed by atoms with E-state index in [0.717, 1.165) is 0 Å². The van der Waals surface area contributed by atoms with Crippen LogP contribution in [-0.2, 0) is 21.4 Å². The third-order valence-electron chi connectivity index (χ3n) is 6.87. The zero-order chi connectivity index (χ0) is 30.4. The highest BCUT2D eigenvalue weighted by Crippen LogP contribution is 2.51. The number of halogens is 8. The molecular formula is C26H20ClF7N4O3. The number of aryl methyl sites for hydroxylation is 1. The molecule has 2 aromatic rings. The largest absolute Gasteiger partial charge is 0.435 e. The minimum atomic E-state index is -5.41. The average molecular weight is 605 g/mol. The van der Waals surface area contributed by atoms with Crippen molar-refractivity contribution in [3.05, 3.63) is 69.0 Å². The van der Waals surface area contributed by atoms with Crippen LogP contribution in [0.2, 0.25) is 5.02 Å². The normalized spacial score (nSPS) is 19.6. The van der Waals surface area contributed by atoms with Gasteiger partial charge in [-0.25, -0.2) is 4.39 Å². The maximum absolute atomic E-state index is 14.8. The summed E-state index contributed by atoms with van der Waals surface area (Å²) in [5.41, 5.74) is -7.23. The second-order valence-corrected chi connectivity index (χ2v) is 10.2. The fourth-order valence-corrected chi connectivity index (χ4v) is 4.65. The van der Waals surface area contributed by atoms with Crippen LogP contribution in [0.5, 0.6) is 0 Å². The maximum atomic E-state index is 14.8. The molecule has 41 heavy (non-hydrogen) atoms. The summed E-state index contributed by atoms with van der Waals surface area (Å²) < 4.78 is 97.5. The van der Waals surface area contributed by atoms with Crippen molar-refractivity contribution in [2.45, 2.75) is 56.1 Å². The number of carbonyl (C=O) groups excluding carboxylic acids is 2. The number of carbonyl (C=O) groups is 2. The Morgan fingerprint density at radius 1 is 1.15 bits per heavy atom. The summed E-state index contributed by atoms with van der Waals surface area (Å²) in [6.45, 7) is 1.08. The molecule has 1 heterocycles. The lowest BCUT2D eigenvalue weighted by Gasteiger charge is -2.30. The minimum Gasteiger partial charge on any atom is -0.374 e. The van der Waals surface area contributed by atoms with E-state index in [1.165, 1.54) is 25.1 Å². The molecule has 1 atom stereocenters. The van der Waals surface area contributed by atoms with Crippen LogP contribution in [0.3, 0.4) is 0 Å². The number of rotatable bonds is 7. The molecule has 2 N–H and O–H groups in total. The van der Waals surface area contributed by atoms with E-state index < -0.39 is 63.7 Å². The SMILES string of the molecule is Cc1cc(C2=NOC(c3cc(C(F)(F)F)cc(Cl)c3F)(C(F)(F)F)C2)ccc1C(=O)NCC(=O)NC1(CC#N)CC1. The van der Waals surface area contributed by atoms with Crippen LogP contribution in [0.1, 0.15) is 58.3 Å². The van der Waals surface area contributed by atoms with Crippen molar-refractivity contribution in [1.29, 1.82) is 5.26 Å². The van der Waals surface area contributed by atoms with E-state index in [4.69, 9.17) is 16.9 Å². The molecular weight excluding hydrogens is 585 g/mol. The van der Waals surface area contributed by atoms with E-state index in [0.29, 0.717) is 12.8 Å². The molecule has 7 nitrogen and oxygen atoms in total. The van der Waals surface area contributed by atoms with Gasteiger partial charge in [-0.2, -0.15) is 31.6 Å². The van der Waals surface area contributed by atoms with Crippen molar-refractivity contribution >= 4 is 29.1 Å². The van der Waals surface area contributed by atoms with Crippen molar-refractivity contribution in [2.75, 3.05) is 6.54 Å². The molecule has 1 fully saturated rings. The molecule has 1 aliphatic heterocycles. The number of oxime groups is 1. The van der Waals surface area contributed by atoms with Gasteiger partial charge in [-0.05, 0) is 55.2 Å². The first-order valence-corrected chi connectivity index (χ1v) is 12.4. The molecule has 1 saturated carbocycles. The molecule has 2 amide bonds. The van der Waals surface area contributed by atoms with E-state index in [2.05, 4.69) is 20.6 Å². The Labute approximate surface area is 233 Å². The first-order valence-electron chi connectivity index (χ1n) is 12.0. The quantitative estimate of drug-likeness (QED) is 0.397. The molecule has 0 saturated heterocycles. The van der Waals surface area contributed by atoms with Gasteiger partial charge in [0.1, 0.15) is 5.82 Å². The van der Waals surface area contributed by atoms with Gasteiger partial charge in [-0.3, -0.25) is 9.59 Å². The van der Waals surface area contributed by atoms with E-state index in [1.54, 1.807) is 0 Å². The third kappa shape index (κ3) is 5.95. The number of nitrogens with one attached hydrogen (secondary N) is 2. The van der Waals surface area contributed by atoms with Gasteiger partial charge in [0, 0.05) is 11.1 Å². The third-order valence-corrected chi connectivity index (χ3v) is 7.14.